The van der Waals surface area contributed by atoms with E-state index < -0.39 is 23.2 Å². The fourth-order valence-corrected chi connectivity index (χ4v) is 4.01. The second-order valence-corrected chi connectivity index (χ2v) is 9.47. The molecule has 2 aromatic heterocycles. The average molecular weight is 458 g/mol. The summed E-state index contributed by atoms with van der Waals surface area (Å²) in [6, 6.07) is 9.36. The summed E-state index contributed by atoms with van der Waals surface area (Å²) in [4.78, 5) is 19.0. The Balaban J connectivity index is 1.73. The van der Waals surface area contributed by atoms with Crippen molar-refractivity contribution in [1.82, 2.24) is 9.55 Å². The van der Waals surface area contributed by atoms with E-state index >= 15 is 4.39 Å². The predicted molar refractivity (Wildman–Crippen MR) is 122 cm³/mol. The lowest BCUT2D eigenvalue weighted by molar-refractivity contribution is -0.0326. The number of phenolic OH excluding ortho intramolecular Hbond substituents is 1. The molecule has 3 N–H and O–H groups in total. The number of benzene rings is 1. The smallest absolute Gasteiger partial charge is 0.419 e. The Kier molecular flexibility index (Phi) is 5.79. The van der Waals surface area contributed by atoms with Crippen LogP contribution in [-0.2, 0) is 4.74 Å². The minimum atomic E-state index is -1.12. The molecule has 0 saturated carbocycles. The molecule has 33 heavy (non-hydrogen) atoms. The molecule has 0 amide bonds. The van der Waals surface area contributed by atoms with Crippen molar-refractivity contribution in [3.63, 3.8) is 0 Å². The van der Waals surface area contributed by atoms with Crippen LogP contribution < -0.4 is 4.90 Å². The van der Waals surface area contributed by atoms with Gasteiger partial charge in [-0.05, 0) is 70.0 Å². The molecule has 176 valence electrons. The number of aliphatic hydroxyl groups excluding tert-OH is 1. The third-order valence-electron chi connectivity index (χ3n) is 5.78. The van der Waals surface area contributed by atoms with Crippen LogP contribution in [0, 0.1) is 5.95 Å². The number of piperidine rings is 1. The summed E-state index contributed by atoms with van der Waals surface area (Å²) >= 11 is 0. The summed E-state index contributed by atoms with van der Waals surface area (Å²) < 4.78 is 22.1. The SMILES string of the molecule is CC(C)(C)OC(=O)n1c(-c2ccc(N3CCC(O)(CO)CC3)nc2F)cc2cc(O)ccc21. The van der Waals surface area contributed by atoms with Gasteiger partial charge in [0.05, 0.1) is 29.0 Å². The number of pyridine rings is 1. The number of aromatic nitrogens is 2. The van der Waals surface area contributed by atoms with Crippen LogP contribution in [0.3, 0.4) is 0 Å². The van der Waals surface area contributed by atoms with Crippen LogP contribution in [0.4, 0.5) is 15.0 Å². The number of hydrogen-bond donors (Lipinski definition) is 3. The molecule has 4 rings (SSSR count). The zero-order valence-corrected chi connectivity index (χ0v) is 18.9. The van der Waals surface area contributed by atoms with Crippen LogP contribution in [0.25, 0.3) is 22.2 Å². The maximum atomic E-state index is 15.3. The molecular formula is C24H28FN3O5. The molecule has 0 unspecified atom stereocenters. The molecule has 0 atom stereocenters. The van der Waals surface area contributed by atoms with Crippen LogP contribution >= 0.6 is 0 Å². The molecule has 0 spiro atoms. The number of phenols is 1. The average Bonchev–Trinajstić information content (AvgIpc) is 3.11. The maximum Gasteiger partial charge on any atom is 0.419 e. The van der Waals surface area contributed by atoms with E-state index in [0.717, 1.165) is 0 Å². The highest BCUT2D eigenvalue weighted by atomic mass is 19.1. The second-order valence-electron chi connectivity index (χ2n) is 9.47. The van der Waals surface area contributed by atoms with Crippen LogP contribution in [0.2, 0.25) is 0 Å². The first-order valence-electron chi connectivity index (χ1n) is 10.8. The molecule has 0 radical (unpaired) electrons. The Morgan fingerprint density at radius 1 is 1.18 bits per heavy atom. The lowest BCUT2D eigenvalue weighted by atomic mass is 9.92. The van der Waals surface area contributed by atoms with Crippen molar-refractivity contribution < 1.29 is 29.2 Å². The third-order valence-corrected chi connectivity index (χ3v) is 5.78. The number of aliphatic hydroxyl groups is 2. The number of carbonyl (C=O) groups is 1. The fourth-order valence-electron chi connectivity index (χ4n) is 4.01. The Morgan fingerprint density at radius 3 is 2.48 bits per heavy atom. The van der Waals surface area contributed by atoms with Gasteiger partial charge in [-0.2, -0.15) is 4.39 Å². The van der Waals surface area contributed by atoms with E-state index in [2.05, 4.69) is 4.98 Å². The van der Waals surface area contributed by atoms with E-state index in [1.165, 1.54) is 16.7 Å². The Morgan fingerprint density at radius 2 is 1.88 bits per heavy atom. The van der Waals surface area contributed by atoms with Gasteiger partial charge in [0.1, 0.15) is 17.2 Å². The maximum absolute atomic E-state index is 15.3. The lowest BCUT2D eigenvalue weighted by Crippen LogP contribution is -2.46. The van der Waals surface area contributed by atoms with Gasteiger partial charge in [0.15, 0.2) is 0 Å². The van der Waals surface area contributed by atoms with E-state index in [1.54, 1.807) is 45.0 Å². The molecule has 0 aliphatic carbocycles. The van der Waals surface area contributed by atoms with Gasteiger partial charge in [-0.3, -0.25) is 0 Å². The van der Waals surface area contributed by atoms with Gasteiger partial charge in [0, 0.05) is 18.5 Å². The lowest BCUT2D eigenvalue weighted by Gasteiger charge is -2.37. The van der Waals surface area contributed by atoms with Gasteiger partial charge in [0.2, 0.25) is 5.95 Å². The molecule has 3 aromatic rings. The number of aromatic hydroxyl groups is 1. The second kappa shape index (κ2) is 8.31. The number of hydrogen-bond acceptors (Lipinski definition) is 7. The van der Waals surface area contributed by atoms with Gasteiger partial charge < -0.3 is 25.0 Å². The van der Waals surface area contributed by atoms with Crippen LogP contribution in [-0.4, -0.2) is 61.9 Å². The van der Waals surface area contributed by atoms with Crippen molar-refractivity contribution in [2.75, 3.05) is 24.6 Å². The first kappa shape index (κ1) is 23.0. The van der Waals surface area contributed by atoms with Crippen LogP contribution in [0.15, 0.2) is 36.4 Å². The predicted octanol–water partition coefficient (Wildman–Crippen LogP) is 3.65. The molecule has 8 nitrogen and oxygen atoms in total. The molecule has 1 aliphatic heterocycles. The molecule has 1 aliphatic rings. The number of fused-ring (bicyclic) bond motifs is 1. The number of carbonyl (C=O) groups excluding carboxylic acids is 1. The van der Waals surface area contributed by atoms with E-state index in [4.69, 9.17) is 4.74 Å². The zero-order valence-electron chi connectivity index (χ0n) is 18.9. The van der Waals surface area contributed by atoms with Gasteiger partial charge >= 0.3 is 6.09 Å². The normalized spacial score (nSPS) is 16.2. The topological polar surface area (TPSA) is 108 Å². The summed E-state index contributed by atoms with van der Waals surface area (Å²) in [7, 11) is 0. The first-order chi connectivity index (χ1) is 15.5. The number of nitrogens with zero attached hydrogens (tertiary/aromatic N) is 3. The quantitative estimate of drug-likeness (QED) is 0.515. The first-order valence-corrected chi connectivity index (χ1v) is 10.8. The highest BCUT2D eigenvalue weighted by Crippen LogP contribution is 2.34. The minimum absolute atomic E-state index is 0.0253. The Bertz CT molecular complexity index is 1190. The summed E-state index contributed by atoms with van der Waals surface area (Å²) in [6.07, 6.45) is 0.0385. The van der Waals surface area contributed by atoms with Crippen molar-refractivity contribution >= 4 is 22.8 Å². The van der Waals surface area contributed by atoms with Gasteiger partial charge in [0.25, 0.3) is 0 Å². The fraction of sp³-hybridized carbons (Fsp3) is 0.417. The standard InChI is InChI=1S/C24H28FN3O5/c1-23(2,3)33-22(31)28-18-6-4-16(30)12-15(18)13-19(28)17-5-7-20(26-21(17)25)27-10-8-24(32,14-29)9-11-27/h4-7,12-13,29-30,32H,8-11,14H2,1-3H3. The highest BCUT2D eigenvalue weighted by molar-refractivity contribution is 5.96. The summed E-state index contributed by atoms with van der Waals surface area (Å²) in [5, 5.41) is 30.0. The number of ether oxygens (including phenoxy) is 1. The number of rotatable bonds is 3. The number of halogens is 1. The molecule has 1 saturated heterocycles. The van der Waals surface area contributed by atoms with E-state index in [-0.39, 0.29) is 23.6 Å². The molecule has 3 heterocycles. The van der Waals surface area contributed by atoms with Crippen molar-refractivity contribution in [1.29, 1.82) is 0 Å². The number of anilines is 1. The van der Waals surface area contributed by atoms with Gasteiger partial charge in [-0.1, -0.05) is 0 Å². The van der Waals surface area contributed by atoms with Gasteiger partial charge in [-0.15, -0.1) is 0 Å². The molecule has 0 bridgehead atoms. The van der Waals surface area contributed by atoms with Crippen LogP contribution in [0.1, 0.15) is 33.6 Å². The third kappa shape index (κ3) is 4.65. The molecule has 9 heteroatoms. The molecule has 1 aromatic carbocycles. The van der Waals surface area contributed by atoms with E-state index in [1.807, 2.05) is 4.90 Å². The van der Waals surface area contributed by atoms with Crippen molar-refractivity contribution in [3.05, 3.63) is 42.3 Å². The summed E-state index contributed by atoms with van der Waals surface area (Å²) in [5.41, 5.74) is -1.03. The van der Waals surface area contributed by atoms with E-state index in [0.29, 0.717) is 42.7 Å². The zero-order chi connectivity index (χ0) is 24.0. The van der Waals surface area contributed by atoms with E-state index in [9.17, 15) is 20.1 Å². The van der Waals surface area contributed by atoms with Crippen LogP contribution in [0.5, 0.6) is 5.75 Å². The Labute approximate surface area is 190 Å². The molecular weight excluding hydrogens is 429 g/mol. The monoisotopic (exact) mass is 457 g/mol. The molecule has 1 fully saturated rings. The van der Waals surface area contributed by atoms with Gasteiger partial charge in [-0.25, -0.2) is 14.3 Å². The largest absolute Gasteiger partial charge is 0.508 e. The summed E-state index contributed by atoms with van der Waals surface area (Å²) in [5.74, 6) is -0.321. The van der Waals surface area contributed by atoms with Crippen molar-refractivity contribution in [2.45, 2.75) is 44.8 Å². The highest BCUT2D eigenvalue weighted by Gasteiger charge is 2.32. The Hall–Kier alpha value is -3.17. The summed E-state index contributed by atoms with van der Waals surface area (Å²) in [6.45, 7) is 5.79. The minimum Gasteiger partial charge on any atom is -0.508 e. The van der Waals surface area contributed by atoms with Crippen molar-refractivity contribution in [3.8, 4) is 17.0 Å². The van der Waals surface area contributed by atoms with Crippen molar-refractivity contribution in [2.24, 2.45) is 0 Å².